The van der Waals surface area contributed by atoms with Crippen LogP contribution in [0, 0.1) is 5.41 Å². The molecule has 1 aromatic rings. The van der Waals surface area contributed by atoms with E-state index in [1.54, 1.807) is 24.1 Å². The number of rotatable bonds is 4. The Hall–Kier alpha value is -1.55. The summed E-state index contributed by atoms with van der Waals surface area (Å²) >= 11 is 0. The van der Waals surface area contributed by atoms with Gasteiger partial charge in [-0.1, -0.05) is 18.2 Å². The minimum absolute atomic E-state index is 0.0410. The van der Waals surface area contributed by atoms with Crippen molar-refractivity contribution in [1.82, 2.24) is 4.90 Å². The van der Waals surface area contributed by atoms with Crippen LogP contribution >= 0.6 is 0 Å². The summed E-state index contributed by atoms with van der Waals surface area (Å²) in [6, 6.07) is 6.85. The van der Waals surface area contributed by atoms with Crippen LogP contribution in [0.5, 0.6) is 5.75 Å². The van der Waals surface area contributed by atoms with Crippen LogP contribution in [0.3, 0.4) is 0 Å². The standard InChI is InChI=1S/C16H26N2O2/c1-11(12-9-7-8-10-13(12)19)18(6)14(20)15(2,3)16(4,5)17/h7-11,19H,17H2,1-6H3. The minimum Gasteiger partial charge on any atom is -0.508 e. The molecule has 0 aromatic heterocycles. The molecular weight excluding hydrogens is 252 g/mol. The molecule has 1 amide bonds. The van der Waals surface area contributed by atoms with Gasteiger partial charge < -0.3 is 15.7 Å². The summed E-state index contributed by atoms with van der Waals surface area (Å²) in [5.74, 6) is 0.158. The van der Waals surface area contributed by atoms with E-state index in [0.717, 1.165) is 5.56 Å². The SMILES string of the molecule is CC(c1ccccc1O)N(C)C(=O)C(C)(C)C(C)(C)N. The van der Waals surface area contributed by atoms with E-state index in [-0.39, 0.29) is 17.7 Å². The summed E-state index contributed by atoms with van der Waals surface area (Å²) in [7, 11) is 1.74. The van der Waals surface area contributed by atoms with Gasteiger partial charge in [-0.25, -0.2) is 0 Å². The second kappa shape index (κ2) is 5.44. The lowest BCUT2D eigenvalue weighted by Gasteiger charge is -2.41. The van der Waals surface area contributed by atoms with Crippen molar-refractivity contribution in [3.63, 3.8) is 0 Å². The van der Waals surface area contributed by atoms with Crippen LogP contribution in [0.15, 0.2) is 24.3 Å². The molecule has 3 N–H and O–H groups in total. The molecule has 0 spiro atoms. The Balaban J connectivity index is 3.04. The van der Waals surface area contributed by atoms with E-state index < -0.39 is 11.0 Å². The average molecular weight is 278 g/mol. The molecule has 0 bridgehead atoms. The Labute approximate surface area is 121 Å². The third-order valence-electron chi connectivity index (χ3n) is 4.43. The van der Waals surface area contributed by atoms with Gasteiger partial charge in [0.15, 0.2) is 0 Å². The van der Waals surface area contributed by atoms with Crippen LogP contribution in [0.1, 0.15) is 46.2 Å². The van der Waals surface area contributed by atoms with E-state index in [4.69, 9.17) is 5.73 Å². The predicted molar refractivity (Wildman–Crippen MR) is 81.3 cm³/mol. The maximum absolute atomic E-state index is 12.7. The maximum Gasteiger partial charge on any atom is 0.230 e. The Morgan fingerprint density at radius 2 is 1.75 bits per heavy atom. The second-order valence-electron chi connectivity index (χ2n) is 6.50. The highest BCUT2D eigenvalue weighted by Gasteiger charge is 2.43. The van der Waals surface area contributed by atoms with Crippen LogP contribution in [0.4, 0.5) is 0 Å². The van der Waals surface area contributed by atoms with Gasteiger partial charge in [0.2, 0.25) is 5.91 Å². The van der Waals surface area contributed by atoms with E-state index in [1.165, 1.54) is 0 Å². The number of carbonyl (C=O) groups is 1. The van der Waals surface area contributed by atoms with Crippen LogP contribution in [0.2, 0.25) is 0 Å². The fourth-order valence-electron chi connectivity index (χ4n) is 1.94. The van der Waals surface area contributed by atoms with Crippen molar-refractivity contribution in [2.24, 2.45) is 11.1 Å². The third kappa shape index (κ3) is 2.96. The van der Waals surface area contributed by atoms with Crippen LogP contribution in [-0.4, -0.2) is 28.5 Å². The monoisotopic (exact) mass is 278 g/mol. The van der Waals surface area contributed by atoms with Gasteiger partial charge in [0.1, 0.15) is 5.75 Å². The zero-order valence-corrected chi connectivity index (χ0v) is 13.3. The number of amides is 1. The van der Waals surface area contributed by atoms with Gasteiger partial charge in [-0.2, -0.15) is 0 Å². The van der Waals surface area contributed by atoms with Gasteiger partial charge in [0.25, 0.3) is 0 Å². The Kier molecular flexibility index (Phi) is 4.49. The van der Waals surface area contributed by atoms with E-state index in [0.29, 0.717) is 0 Å². The molecule has 0 aliphatic heterocycles. The highest BCUT2D eigenvalue weighted by Crippen LogP contribution is 2.34. The molecule has 1 rings (SSSR count). The maximum atomic E-state index is 12.7. The number of benzene rings is 1. The highest BCUT2D eigenvalue weighted by atomic mass is 16.3. The number of carbonyl (C=O) groups excluding carboxylic acids is 1. The first-order chi connectivity index (χ1) is 9.00. The summed E-state index contributed by atoms with van der Waals surface area (Å²) in [5, 5.41) is 9.91. The number of hydrogen-bond donors (Lipinski definition) is 2. The third-order valence-corrected chi connectivity index (χ3v) is 4.43. The molecule has 0 radical (unpaired) electrons. The number of phenols is 1. The number of nitrogens with two attached hydrogens (primary N) is 1. The molecule has 0 fully saturated rings. The van der Waals surface area contributed by atoms with Crippen molar-refractivity contribution in [2.45, 2.75) is 46.2 Å². The average Bonchev–Trinajstić information content (AvgIpc) is 2.35. The lowest BCUT2D eigenvalue weighted by atomic mass is 9.74. The Morgan fingerprint density at radius 1 is 1.25 bits per heavy atom. The van der Waals surface area contributed by atoms with Gasteiger partial charge in [0, 0.05) is 18.2 Å². The first-order valence-electron chi connectivity index (χ1n) is 6.84. The molecule has 4 heteroatoms. The highest BCUT2D eigenvalue weighted by molar-refractivity contribution is 5.83. The quantitative estimate of drug-likeness (QED) is 0.890. The predicted octanol–water partition coefficient (Wildman–Crippen LogP) is 2.68. The number of para-hydroxylation sites is 1. The normalized spacial score (nSPS) is 13.9. The van der Waals surface area contributed by atoms with E-state index in [9.17, 15) is 9.90 Å². The van der Waals surface area contributed by atoms with Crippen molar-refractivity contribution in [3.8, 4) is 5.75 Å². The molecule has 0 saturated carbocycles. The molecule has 20 heavy (non-hydrogen) atoms. The molecule has 1 aromatic carbocycles. The minimum atomic E-state index is -0.694. The molecular formula is C16H26N2O2. The molecule has 0 saturated heterocycles. The summed E-state index contributed by atoms with van der Waals surface area (Å²) in [5.41, 5.74) is 5.53. The van der Waals surface area contributed by atoms with Crippen molar-refractivity contribution in [1.29, 1.82) is 0 Å². The lowest BCUT2D eigenvalue weighted by Crippen LogP contribution is -2.56. The molecule has 0 aliphatic carbocycles. The van der Waals surface area contributed by atoms with E-state index >= 15 is 0 Å². The van der Waals surface area contributed by atoms with Gasteiger partial charge in [0.05, 0.1) is 11.5 Å². The van der Waals surface area contributed by atoms with Crippen molar-refractivity contribution < 1.29 is 9.90 Å². The largest absolute Gasteiger partial charge is 0.508 e. The fourth-order valence-corrected chi connectivity index (χ4v) is 1.94. The summed E-state index contributed by atoms with van der Waals surface area (Å²) in [6.07, 6.45) is 0. The Bertz CT molecular complexity index is 489. The first kappa shape index (κ1) is 16.5. The molecule has 4 nitrogen and oxygen atoms in total. The van der Waals surface area contributed by atoms with E-state index in [1.807, 2.05) is 46.8 Å². The van der Waals surface area contributed by atoms with Crippen LogP contribution in [-0.2, 0) is 4.79 Å². The van der Waals surface area contributed by atoms with Crippen molar-refractivity contribution in [3.05, 3.63) is 29.8 Å². The van der Waals surface area contributed by atoms with Gasteiger partial charge >= 0.3 is 0 Å². The van der Waals surface area contributed by atoms with Gasteiger partial charge in [-0.15, -0.1) is 0 Å². The smallest absolute Gasteiger partial charge is 0.230 e. The molecule has 0 heterocycles. The summed E-state index contributed by atoms with van der Waals surface area (Å²) < 4.78 is 0. The summed E-state index contributed by atoms with van der Waals surface area (Å²) in [6.45, 7) is 9.30. The zero-order valence-electron chi connectivity index (χ0n) is 13.3. The van der Waals surface area contributed by atoms with Crippen LogP contribution in [0.25, 0.3) is 0 Å². The lowest BCUT2D eigenvalue weighted by molar-refractivity contribution is -0.144. The Morgan fingerprint density at radius 3 is 2.20 bits per heavy atom. The number of nitrogens with zero attached hydrogens (tertiary/aromatic N) is 1. The van der Waals surface area contributed by atoms with E-state index in [2.05, 4.69) is 0 Å². The zero-order chi connectivity index (χ0) is 15.7. The van der Waals surface area contributed by atoms with Gasteiger partial charge in [-0.3, -0.25) is 4.79 Å². The first-order valence-corrected chi connectivity index (χ1v) is 6.84. The molecule has 0 aliphatic rings. The molecule has 1 unspecified atom stereocenters. The summed E-state index contributed by atoms with van der Waals surface area (Å²) in [4.78, 5) is 14.3. The molecule has 112 valence electrons. The molecule has 1 atom stereocenters. The number of phenolic OH excluding ortho intramolecular Hbond substituents is 1. The topological polar surface area (TPSA) is 66.6 Å². The number of aromatic hydroxyl groups is 1. The van der Waals surface area contributed by atoms with Crippen LogP contribution < -0.4 is 5.73 Å². The van der Waals surface area contributed by atoms with Crippen molar-refractivity contribution in [2.75, 3.05) is 7.05 Å². The number of hydrogen-bond acceptors (Lipinski definition) is 3. The second-order valence-corrected chi connectivity index (χ2v) is 6.50. The van der Waals surface area contributed by atoms with Gasteiger partial charge in [-0.05, 0) is 40.7 Å². The fraction of sp³-hybridized carbons (Fsp3) is 0.562. The van der Waals surface area contributed by atoms with Crippen molar-refractivity contribution >= 4 is 5.91 Å².